The van der Waals surface area contributed by atoms with Gasteiger partial charge in [-0.15, -0.1) is 0 Å². The third kappa shape index (κ3) is 8.83. The van der Waals surface area contributed by atoms with Crippen molar-refractivity contribution in [2.24, 2.45) is 0 Å². The van der Waals surface area contributed by atoms with Crippen LogP contribution in [0.1, 0.15) is 13.3 Å². The lowest BCUT2D eigenvalue weighted by molar-refractivity contribution is -0.188. The standard InChI is InChI=1S/C13H17Cl2F3NO5PS/c1-4-10(11(20)21)19(12(22)13(16,17)18)7-25(26,23-5-8(2)14)24-6-9(3)15/h10H,2-7H2,1H3,(H,20,21). The number of rotatable bonds is 11. The fraction of sp³-hybridized carbons (Fsp3) is 0.538. The largest absolute Gasteiger partial charge is 0.480 e. The molecule has 0 saturated heterocycles. The van der Waals surface area contributed by atoms with Crippen molar-refractivity contribution in [1.82, 2.24) is 4.90 Å². The maximum Gasteiger partial charge on any atom is 0.471 e. The van der Waals surface area contributed by atoms with Crippen LogP contribution in [0.25, 0.3) is 0 Å². The minimum Gasteiger partial charge on any atom is -0.480 e. The molecule has 0 aromatic heterocycles. The van der Waals surface area contributed by atoms with E-state index in [0.29, 0.717) is 0 Å². The number of hydrogen-bond acceptors (Lipinski definition) is 5. The van der Waals surface area contributed by atoms with Crippen LogP contribution in [-0.2, 0) is 30.4 Å². The molecule has 0 saturated carbocycles. The van der Waals surface area contributed by atoms with Crippen molar-refractivity contribution >= 4 is 53.4 Å². The molecule has 0 heterocycles. The number of halogens is 5. The Kier molecular flexibility index (Phi) is 10.4. The lowest BCUT2D eigenvalue weighted by atomic mass is 10.2. The molecular formula is C13H17Cl2F3NO5PS. The summed E-state index contributed by atoms with van der Waals surface area (Å²) in [6.07, 6.45) is -6.52. The summed E-state index contributed by atoms with van der Waals surface area (Å²) >= 11 is 16.2. The maximum atomic E-state index is 12.9. The average molecular weight is 458 g/mol. The first kappa shape index (κ1) is 25.4. The number of carboxylic acids is 1. The SMILES string of the molecule is C=C(Cl)COP(=S)(CN(C(=O)C(F)(F)F)C(CC)C(=O)O)OCC(=C)Cl. The van der Waals surface area contributed by atoms with Crippen molar-refractivity contribution in [3.8, 4) is 0 Å². The predicted molar refractivity (Wildman–Crippen MR) is 95.7 cm³/mol. The Balaban J connectivity index is 5.81. The molecule has 0 aliphatic heterocycles. The zero-order valence-corrected chi connectivity index (χ0v) is 16.8. The Hall–Kier alpha value is -0.640. The van der Waals surface area contributed by atoms with Crippen LogP contribution in [0.4, 0.5) is 13.2 Å². The number of carbonyl (C=O) groups is 2. The van der Waals surface area contributed by atoms with E-state index in [1.54, 1.807) is 0 Å². The van der Waals surface area contributed by atoms with Gasteiger partial charge >= 0.3 is 18.1 Å². The molecule has 0 aromatic carbocycles. The van der Waals surface area contributed by atoms with Crippen LogP contribution >= 0.6 is 29.7 Å². The molecular weight excluding hydrogens is 441 g/mol. The van der Waals surface area contributed by atoms with Gasteiger partial charge in [0.1, 0.15) is 6.04 Å². The van der Waals surface area contributed by atoms with E-state index >= 15 is 0 Å². The van der Waals surface area contributed by atoms with E-state index in [4.69, 9.17) is 49.2 Å². The van der Waals surface area contributed by atoms with Crippen molar-refractivity contribution in [3.63, 3.8) is 0 Å². The molecule has 0 radical (unpaired) electrons. The highest BCUT2D eigenvalue weighted by molar-refractivity contribution is 8.09. The van der Waals surface area contributed by atoms with Crippen LogP contribution in [0, 0.1) is 0 Å². The van der Waals surface area contributed by atoms with Gasteiger partial charge in [-0.25, -0.2) is 4.79 Å². The summed E-state index contributed by atoms with van der Waals surface area (Å²) in [5.41, 5.74) is 0. The highest BCUT2D eigenvalue weighted by atomic mass is 35.5. The number of aliphatic carboxylic acids is 1. The van der Waals surface area contributed by atoms with E-state index in [2.05, 4.69) is 13.2 Å². The van der Waals surface area contributed by atoms with E-state index in [1.807, 2.05) is 0 Å². The highest BCUT2D eigenvalue weighted by Crippen LogP contribution is 2.51. The fourth-order valence-electron chi connectivity index (χ4n) is 1.64. The molecule has 1 amide bonds. The van der Waals surface area contributed by atoms with Gasteiger partial charge in [0.2, 0.25) is 6.49 Å². The van der Waals surface area contributed by atoms with Crippen molar-refractivity contribution in [3.05, 3.63) is 23.2 Å². The number of amides is 1. The molecule has 0 spiro atoms. The number of carboxylic acid groups (broad SMARTS) is 1. The molecule has 13 heteroatoms. The zero-order valence-electron chi connectivity index (χ0n) is 13.6. The number of alkyl halides is 3. The maximum absolute atomic E-state index is 12.9. The predicted octanol–water partition coefficient (Wildman–Crippen LogP) is 4.05. The van der Waals surface area contributed by atoms with Gasteiger partial charge in [-0.3, -0.25) is 4.79 Å². The van der Waals surface area contributed by atoms with Crippen LogP contribution in [0.5, 0.6) is 0 Å². The zero-order chi connectivity index (χ0) is 20.7. The van der Waals surface area contributed by atoms with Gasteiger partial charge in [0.25, 0.3) is 0 Å². The van der Waals surface area contributed by atoms with Crippen LogP contribution in [0.2, 0.25) is 0 Å². The first-order chi connectivity index (χ1) is 11.7. The summed E-state index contributed by atoms with van der Waals surface area (Å²) in [5, 5.41) is 9.11. The Morgan fingerprint density at radius 1 is 1.23 bits per heavy atom. The van der Waals surface area contributed by atoms with Gasteiger partial charge in [0.05, 0.1) is 19.5 Å². The third-order valence-corrected chi connectivity index (χ3v) is 5.61. The summed E-state index contributed by atoms with van der Waals surface area (Å²) in [6, 6.07) is -1.78. The van der Waals surface area contributed by atoms with E-state index in [9.17, 15) is 22.8 Å². The number of nitrogens with zero attached hydrogens (tertiary/aromatic N) is 1. The van der Waals surface area contributed by atoms with E-state index in [0.717, 1.165) is 0 Å². The molecule has 1 atom stereocenters. The lowest BCUT2D eigenvalue weighted by Crippen LogP contribution is -2.50. The molecule has 150 valence electrons. The Bertz CT molecular complexity index is 595. The van der Waals surface area contributed by atoms with Crippen LogP contribution in [0.3, 0.4) is 0 Å². The molecule has 0 fully saturated rings. The molecule has 26 heavy (non-hydrogen) atoms. The summed E-state index contributed by atoms with van der Waals surface area (Å²) in [6.45, 7) is 3.63. The molecule has 1 N–H and O–H groups in total. The van der Waals surface area contributed by atoms with Crippen molar-refractivity contribution in [2.45, 2.75) is 25.6 Å². The van der Waals surface area contributed by atoms with E-state index < -0.39 is 36.9 Å². The molecule has 0 bridgehead atoms. The fourth-order valence-corrected chi connectivity index (χ4v) is 4.23. The molecule has 0 aromatic rings. The van der Waals surface area contributed by atoms with E-state index in [1.165, 1.54) is 6.92 Å². The lowest BCUT2D eigenvalue weighted by Gasteiger charge is -2.33. The molecule has 0 aliphatic rings. The van der Waals surface area contributed by atoms with Gasteiger partial charge in [-0.2, -0.15) is 13.2 Å². The second kappa shape index (κ2) is 10.6. The number of carbonyl (C=O) groups excluding carboxylic acids is 1. The molecule has 0 rings (SSSR count). The first-order valence-electron chi connectivity index (χ1n) is 6.88. The van der Waals surface area contributed by atoms with Gasteiger partial charge in [-0.1, -0.05) is 43.3 Å². The summed E-state index contributed by atoms with van der Waals surface area (Å²) in [5.74, 6) is -4.00. The van der Waals surface area contributed by atoms with Crippen molar-refractivity contribution < 1.29 is 36.9 Å². The van der Waals surface area contributed by atoms with Crippen molar-refractivity contribution in [1.29, 1.82) is 0 Å². The summed E-state index contributed by atoms with van der Waals surface area (Å²) in [4.78, 5) is 23.1. The topological polar surface area (TPSA) is 76.1 Å². The van der Waals surface area contributed by atoms with Crippen LogP contribution < -0.4 is 0 Å². The smallest absolute Gasteiger partial charge is 0.471 e. The molecule has 0 aliphatic carbocycles. The second-order valence-electron chi connectivity index (χ2n) is 4.87. The van der Waals surface area contributed by atoms with Crippen molar-refractivity contribution in [2.75, 3.05) is 19.5 Å². The summed E-state index contributed by atoms with van der Waals surface area (Å²) in [7, 11) is 0. The molecule has 6 nitrogen and oxygen atoms in total. The van der Waals surface area contributed by atoms with Gasteiger partial charge in [-0.05, 0) is 18.2 Å². The van der Waals surface area contributed by atoms with Crippen LogP contribution in [0.15, 0.2) is 23.2 Å². The number of hydrogen-bond donors (Lipinski definition) is 1. The van der Waals surface area contributed by atoms with Gasteiger partial charge < -0.3 is 19.1 Å². The minimum absolute atomic E-state index is 0.0218. The van der Waals surface area contributed by atoms with E-state index in [-0.39, 0.29) is 34.6 Å². The monoisotopic (exact) mass is 457 g/mol. The quantitative estimate of drug-likeness (QED) is 0.471. The normalized spacial score (nSPS) is 13.2. The van der Waals surface area contributed by atoms with Gasteiger partial charge in [0, 0.05) is 10.1 Å². The van der Waals surface area contributed by atoms with Crippen LogP contribution in [-0.4, -0.2) is 53.6 Å². The first-order valence-corrected chi connectivity index (χ1v) is 10.5. The van der Waals surface area contributed by atoms with Gasteiger partial charge in [0.15, 0.2) is 0 Å². The third-order valence-electron chi connectivity index (χ3n) is 2.71. The summed E-state index contributed by atoms with van der Waals surface area (Å²) < 4.78 is 49.2. The highest BCUT2D eigenvalue weighted by Gasteiger charge is 2.47. The average Bonchev–Trinajstić information content (AvgIpc) is 2.49. The Morgan fingerprint density at radius 2 is 1.65 bits per heavy atom. The molecule has 1 unspecified atom stereocenters. The second-order valence-corrected chi connectivity index (χ2v) is 9.63. The Labute approximate surface area is 163 Å². The minimum atomic E-state index is -5.31. The Morgan fingerprint density at radius 3 is 1.92 bits per heavy atom.